The van der Waals surface area contributed by atoms with Gasteiger partial charge in [0.1, 0.15) is 0 Å². The number of aromatic nitrogens is 2. The summed E-state index contributed by atoms with van der Waals surface area (Å²) in [7, 11) is 1.62. The van der Waals surface area contributed by atoms with Crippen LogP contribution in [0, 0.1) is 4.77 Å². The van der Waals surface area contributed by atoms with E-state index in [2.05, 4.69) is 10.3 Å². The number of hydrogen-bond acceptors (Lipinski definition) is 4. The number of rotatable bonds is 5. The van der Waals surface area contributed by atoms with E-state index < -0.39 is 0 Å². The molecule has 134 valence electrons. The lowest BCUT2D eigenvalue weighted by molar-refractivity contribution is 0.102. The fourth-order valence-corrected chi connectivity index (χ4v) is 3.11. The van der Waals surface area contributed by atoms with Crippen LogP contribution in [0.15, 0.2) is 47.3 Å². The minimum absolute atomic E-state index is 0.162. The van der Waals surface area contributed by atoms with Crippen LogP contribution in [0.25, 0.3) is 10.9 Å². The Bertz CT molecular complexity index is 1090. The normalized spacial score (nSPS) is 10.8. The molecule has 0 unspecified atom stereocenters. The van der Waals surface area contributed by atoms with Crippen molar-refractivity contribution in [1.29, 1.82) is 0 Å². The van der Waals surface area contributed by atoms with Gasteiger partial charge in [-0.25, -0.2) is 0 Å². The van der Waals surface area contributed by atoms with Crippen molar-refractivity contribution in [1.82, 2.24) is 9.55 Å². The van der Waals surface area contributed by atoms with Gasteiger partial charge in [-0.15, -0.1) is 0 Å². The third kappa shape index (κ3) is 3.58. The summed E-state index contributed by atoms with van der Waals surface area (Å²) in [4.78, 5) is 28.0. The number of amides is 1. The highest BCUT2D eigenvalue weighted by atomic mass is 32.1. The molecular formula is C19H19N3O3S. The standard InChI is InChI=1S/C19H19N3O3S/c1-3-22-18(24)15-8-7-13(10-16(15)21-19(22)26)17(23)20-14-6-4-5-12(9-14)11-25-2/h4-10H,3,11H2,1-2H3,(H,20,23)(H,21,26). The van der Waals surface area contributed by atoms with Crippen molar-refractivity contribution >= 4 is 34.7 Å². The van der Waals surface area contributed by atoms with E-state index in [1.165, 1.54) is 4.57 Å². The Labute approximate surface area is 155 Å². The highest BCUT2D eigenvalue weighted by molar-refractivity contribution is 7.71. The summed E-state index contributed by atoms with van der Waals surface area (Å²) in [6, 6.07) is 12.4. The van der Waals surface area contributed by atoms with Crippen LogP contribution in [0.3, 0.4) is 0 Å². The maximum atomic E-state index is 12.6. The second-order valence-electron chi connectivity index (χ2n) is 5.83. The molecule has 3 aromatic rings. The van der Waals surface area contributed by atoms with E-state index in [1.807, 2.05) is 31.2 Å². The van der Waals surface area contributed by atoms with Gasteiger partial charge >= 0.3 is 0 Å². The number of hydrogen-bond donors (Lipinski definition) is 2. The molecule has 0 saturated carbocycles. The fourth-order valence-electron chi connectivity index (χ4n) is 2.79. The van der Waals surface area contributed by atoms with Crippen LogP contribution in [-0.4, -0.2) is 22.6 Å². The Morgan fingerprint density at radius 1 is 1.27 bits per heavy atom. The Morgan fingerprint density at radius 3 is 2.81 bits per heavy atom. The largest absolute Gasteiger partial charge is 0.380 e. The minimum atomic E-state index is -0.263. The molecule has 0 atom stereocenters. The zero-order valence-corrected chi connectivity index (χ0v) is 15.4. The number of H-pyrrole nitrogens is 1. The van der Waals surface area contributed by atoms with E-state index in [9.17, 15) is 9.59 Å². The quantitative estimate of drug-likeness (QED) is 0.675. The van der Waals surface area contributed by atoms with Crippen molar-refractivity contribution in [2.75, 3.05) is 12.4 Å². The number of nitrogens with zero attached hydrogens (tertiary/aromatic N) is 1. The molecule has 6 nitrogen and oxygen atoms in total. The van der Waals surface area contributed by atoms with Gasteiger partial charge in [-0.1, -0.05) is 12.1 Å². The molecule has 0 radical (unpaired) electrons. The minimum Gasteiger partial charge on any atom is -0.380 e. The van der Waals surface area contributed by atoms with Crippen molar-refractivity contribution in [3.8, 4) is 0 Å². The summed E-state index contributed by atoms with van der Waals surface area (Å²) < 4.78 is 6.93. The Morgan fingerprint density at radius 2 is 2.08 bits per heavy atom. The van der Waals surface area contributed by atoms with E-state index in [-0.39, 0.29) is 11.5 Å². The van der Waals surface area contributed by atoms with Crippen molar-refractivity contribution in [2.45, 2.75) is 20.1 Å². The van der Waals surface area contributed by atoms with E-state index in [4.69, 9.17) is 17.0 Å². The monoisotopic (exact) mass is 369 g/mol. The summed E-state index contributed by atoms with van der Waals surface area (Å²) >= 11 is 5.21. The summed E-state index contributed by atoms with van der Waals surface area (Å²) in [5.74, 6) is -0.263. The molecule has 7 heteroatoms. The van der Waals surface area contributed by atoms with Gasteiger partial charge < -0.3 is 15.0 Å². The van der Waals surface area contributed by atoms with Crippen LogP contribution < -0.4 is 10.9 Å². The lowest BCUT2D eigenvalue weighted by Crippen LogP contribution is -2.21. The second kappa shape index (κ2) is 7.63. The van der Waals surface area contributed by atoms with Gasteiger partial charge in [0, 0.05) is 24.9 Å². The van der Waals surface area contributed by atoms with Crippen LogP contribution in [0.1, 0.15) is 22.8 Å². The molecule has 1 heterocycles. The SMILES string of the molecule is CCn1c(=S)[nH]c2cc(C(=O)Nc3cccc(COC)c3)ccc2c1=O. The first-order valence-corrected chi connectivity index (χ1v) is 8.60. The number of nitrogens with one attached hydrogen (secondary N) is 2. The highest BCUT2D eigenvalue weighted by Crippen LogP contribution is 2.15. The van der Waals surface area contributed by atoms with Crippen LogP contribution in [0.4, 0.5) is 5.69 Å². The molecule has 2 aromatic carbocycles. The first kappa shape index (κ1) is 18.0. The van der Waals surface area contributed by atoms with Crippen molar-refractivity contribution in [3.63, 3.8) is 0 Å². The summed E-state index contributed by atoms with van der Waals surface area (Å²) in [5, 5.41) is 3.35. The number of benzene rings is 2. The van der Waals surface area contributed by atoms with E-state index >= 15 is 0 Å². The molecule has 2 N–H and O–H groups in total. The third-order valence-corrected chi connectivity index (χ3v) is 4.38. The van der Waals surface area contributed by atoms with Gasteiger partial charge in [-0.2, -0.15) is 0 Å². The average Bonchev–Trinajstić information content (AvgIpc) is 2.62. The molecule has 0 aliphatic carbocycles. The molecule has 0 bridgehead atoms. The van der Waals surface area contributed by atoms with E-state index in [1.54, 1.807) is 25.3 Å². The molecule has 0 aliphatic heterocycles. The summed E-state index contributed by atoms with van der Waals surface area (Å²) in [6.45, 7) is 2.82. The lowest BCUT2D eigenvalue weighted by atomic mass is 10.1. The number of aromatic amines is 1. The fraction of sp³-hybridized carbons (Fsp3) is 0.211. The highest BCUT2D eigenvalue weighted by Gasteiger charge is 2.10. The second-order valence-corrected chi connectivity index (χ2v) is 6.21. The van der Waals surface area contributed by atoms with Crippen LogP contribution >= 0.6 is 12.2 Å². The molecule has 0 aliphatic rings. The molecule has 0 fully saturated rings. The molecule has 0 spiro atoms. The van der Waals surface area contributed by atoms with Gasteiger partial charge in [-0.05, 0) is 55.0 Å². The predicted molar refractivity (Wildman–Crippen MR) is 104 cm³/mol. The zero-order valence-electron chi connectivity index (χ0n) is 14.5. The van der Waals surface area contributed by atoms with Gasteiger partial charge in [0.05, 0.1) is 17.5 Å². The number of carbonyl (C=O) groups is 1. The molecule has 0 saturated heterocycles. The Balaban J connectivity index is 1.93. The smallest absolute Gasteiger partial charge is 0.262 e. The molecular weight excluding hydrogens is 350 g/mol. The molecule has 1 amide bonds. The summed E-state index contributed by atoms with van der Waals surface area (Å²) in [5.41, 5.74) is 2.47. The predicted octanol–water partition coefficient (Wildman–Crippen LogP) is 3.48. The Hall–Kier alpha value is -2.77. The first-order chi connectivity index (χ1) is 12.5. The number of fused-ring (bicyclic) bond motifs is 1. The first-order valence-electron chi connectivity index (χ1n) is 8.19. The van der Waals surface area contributed by atoms with Crippen molar-refractivity contribution < 1.29 is 9.53 Å². The third-order valence-electron chi connectivity index (χ3n) is 4.06. The topological polar surface area (TPSA) is 76.1 Å². The molecule has 3 rings (SSSR count). The number of methoxy groups -OCH3 is 1. The van der Waals surface area contributed by atoms with Gasteiger partial charge in [0.15, 0.2) is 4.77 Å². The van der Waals surface area contributed by atoms with E-state index in [0.717, 1.165) is 5.56 Å². The average molecular weight is 369 g/mol. The van der Waals surface area contributed by atoms with Crippen molar-refractivity contribution in [3.05, 3.63) is 68.7 Å². The van der Waals surface area contributed by atoms with Crippen LogP contribution in [0.2, 0.25) is 0 Å². The Kier molecular flexibility index (Phi) is 5.29. The molecule has 26 heavy (non-hydrogen) atoms. The van der Waals surface area contributed by atoms with Crippen molar-refractivity contribution in [2.24, 2.45) is 0 Å². The number of ether oxygens (including phenoxy) is 1. The summed E-state index contributed by atoms with van der Waals surface area (Å²) in [6.07, 6.45) is 0. The lowest BCUT2D eigenvalue weighted by Gasteiger charge is -2.09. The van der Waals surface area contributed by atoms with Crippen LogP contribution in [-0.2, 0) is 17.9 Å². The van der Waals surface area contributed by atoms with Gasteiger partial charge in [0.25, 0.3) is 11.5 Å². The van der Waals surface area contributed by atoms with Gasteiger partial charge in [-0.3, -0.25) is 14.2 Å². The number of carbonyl (C=O) groups excluding carboxylic acids is 1. The molecule has 1 aromatic heterocycles. The zero-order chi connectivity index (χ0) is 18.7. The maximum absolute atomic E-state index is 12.6. The van der Waals surface area contributed by atoms with Crippen LogP contribution in [0.5, 0.6) is 0 Å². The maximum Gasteiger partial charge on any atom is 0.262 e. The van der Waals surface area contributed by atoms with Gasteiger partial charge in [0.2, 0.25) is 0 Å². The number of anilines is 1. The van der Waals surface area contributed by atoms with E-state index in [0.29, 0.717) is 40.1 Å².